The maximum atomic E-state index is 5.68. The van der Waals surface area contributed by atoms with Gasteiger partial charge in [-0.15, -0.1) is 0 Å². The Morgan fingerprint density at radius 3 is 2.68 bits per heavy atom. The van der Waals surface area contributed by atoms with E-state index in [4.69, 9.17) is 14.2 Å². The lowest BCUT2D eigenvalue weighted by Crippen LogP contribution is -2.36. The van der Waals surface area contributed by atoms with E-state index in [9.17, 15) is 0 Å². The van der Waals surface area contributed by atoms with Crippen molar-refractivity contribution in [3.05, 3.63) is 23.8 Å². The summed E-state index contributed by atoms with van der Waals surface area (Å²) in [7, 11) is 1.73. The fourth-order valence-electron chi connectivity index (χ4n) is 1.90. The van der Waals surface area contributed by atoms with Gasteiger partial charge in [-0.1, -0.05) is 6.07 Å². The summed E-state index contributed by atoms with van der Waals surface area (Å²) in [5.74, 6) is 1.70. The fraction of sp³-hybridized carbons (Fsp3) is 0.600. The summed E-state index contributed by atoms with van der Waals surface area (Å²) in [6.45, 7) is 7.18. The number of ether oxygens (including phenoxy) is 3. The minimum atomic E-state index is -0.148. The first-order chi connectivity index (χ1) is 9.11. The number of benzene rings is 1. The van der Waals surface area contributed by atoms with E-state index >= 15 is 0 Å². The Balaban J connectivity index is 1.93. The predicted octanol–water partition coefficient (Wildman–Crippen LogP) is 2.36. The highest BCUT2D eigenvalue weighted by molar-refractivity contribution is 5.43. The summed E-state index contributed by atoms with van der Waals surface area (Å²) in [4.78, 5) is 0. The maximum absolute atomic E-state index is 5.68. The summed E-state index contributed by atoms with van der Waals surface area (Å²) in [6, 6.07) is 6.10. The van der Waals surface area contributed by atoms with E-state index in [1.807, 2.05) is 12.1 Å². The first-order valence-corrected chi connectivity index (χ1v) is 6.75. The van der Waals surface area contributed by atoms with Crippen LogP contribution < -0.4 is 14.8 Å². The molecule has 0 spiro atoms. The van der Waals surface area contributed by atoms with Crippen LogP contribution in [0.2, 0.25) is 0 Å². The Hall–Kier alpha value is -1.26. The Kier molecular flexibility index (Phi) is 4.66. The Morgan fingerprint density at radius 2 is 1.95 bits per heavy atom. The van der Waals surface area contributed by atoms with Crippen LogP contribution in [-0.2, 0) is 11.3 Å². The summed E-state index contributed by atoms with van der Waals surface area (Å²) in [5.41, 5.74) is 1.04. The SMILES string of the molecule is COC(C)(C)CNCc1ccc2c(c1)OCCCO2. The normalized spacial score (nSPS) is 15.1. The van der Waals surface area contributed by atoms with Crippen LogP contribution in [0, 0.1) is 0 Å². The number of hydrogen-bond acceptors (Lipinski definition) is 4. The zero-order valence-corrected chi connectivity index (χ0v) is 12.0. The Labute approximate surface area is 115 Å². The highest BCUT2D eigenvalue weighted by Crippen LogP contribution is 2.30. The van der Waals surface area contributed by atoms with Gasteiger partial charge in [0.2, 0.25) is 0 Å². The molecule has 0 fully saturated rings. The van der Waals surface area contributed by atoms with Crippen molar-refractivity contribution >= 4 is 0 Å². The minimum Gasteiger partial charge on any atom is -0.490 e. The van der Waals surface area contributed by atoms with Crippen LogP contribution in [0.25, 0.3) is 0 Å². The third-order valence-corrected chi connectivity index (χ3v) is 3.24. The average molecular weight is 265 g/mol. The largest absolute Gasteiger partial charge is 0.490 e. The molecule has 0 amide bonds. The lowest BCUT2D eigenvalue weighted by Gasteiger charge is -2.23. The monoisotopic (exact) mass is 265 g/mol. The molecule has 0 aliphatic carbocycles. The van der Waals surface area contributed by atoms with Gasteiger partial charge in [-0.3, -0.25) is 0 Å². The van der Waals surface area contributed by atoms with E-state index in [1.54, 1.807) is 7.11 Å². The van der Waals surface area contributed by atoms with Crippen LogP contribution in [0.15, 0.2) is 18.2 Å². The lowest BCUT2D eigenvalue weighted by molar-refractivity contribution is 0.0230. The molecule has 0 radical (unpaired) electrons. The second-order valence-corrected chi connectivity index (χ2v) is 5.40. The molecule has 0 saturated heterocycles. The minimum absolute atomic E-state index is 0.148. The van der Waals surface area contributed by atoms with Crippen molar-refractivity contribution in [1.29, 1.82) is 0 Å². The molecule has 0 bridgehead atoms. The molecule has 1 aliphatic rings. The van der Waals surface area contributed by atoms with Gasteiger partial charge in [0.05, 0.1) is 18.8 Å². The number of fused-ring (bicyclic) bond motifs is 1. The number of nitrogens with one attached hydrogen (secondary N) is 1. The van der Waals surface area contributed by atoms with Gasteiger partial charge in [0.15, 0.2) is 11.5 Å². The molecule has 1 aromatic carbocycles. The van der Waals surface area contributed by atoms with Gasteiger partial charge >= 0.3 is 0 Å². The van der Waals surface area contributed by atoms with E-state index in [0.717, 1.165) is 44.2 Å². The molecule has 19 heavy (non-hydrogen) atoms. The molecule has 2 rings (SSSR count). The van der Waals surface area contributed by atoms with Crippen LogP contribution in [0.4, 0.5) is 0 Å². The standard InChI is InChI=1S/C15H23NO3/c1-15(2,17-3)11-16-10-12-5-6-13-14(9-12)19-8-4-7-18-13/h5-6,9,16H,4,7-8,10-11H2,1-3H3. The van der Waals surface area contributed by atoms with Gasteiger partial charge in [-0.05, 0) is 31.5 Å². The zero-order chi connectivity index (χ0) is 13.7. The Bertz CT molecular complexity index is 418. The maximum Gasteiger partial charge on any atom is 0.161 e. The van der Waals surface area contributed by atoms with E-state index < -0.39 is 0 Å². The summed E-state index contributed by atoms with van der Waals surface area (Å²) >= 11 is 0. The van der Waals surface area contributed by atoms with Crippen LogP contribution in [0.5, 0.6) is 11.5 Å². The molecule has 4 nitrogen and oxygen atoms in total. The lowest BCUT2D eigenvalue weighted by atomic mass is 10.1. The zero-order valence-electron chi connectivity index (χ0n) is 12.0. The fourth-order valence-corrected chi connectivity index (χ4v) is 1.90. The van der Waals surface area contributed by atoms with Crippen LogP contribution >= 0.6 is 0 Å². The second-order valence-electron chi connectivity index (χ2n) is 5.40. The first kappa shape index (κ1) is 14.2. The van der Waals surface area contributed by atoms with Crippen molar-refractivity contribution in [2.75, 3.05) is 26.9 Å². The molecule has 1 aromatic rings. The highest BCUT2D eigenvalue weighted by Gasteiger charge is 2.15. The molecule has 4 heteroatoms. The molecular weight excluding hydrogens is 242 g/mol. The molecule has 0 saturated carbocycles. The quantitative estimate of drug-likeness (QED) is 0.887. The smallest absolute Gasteiger partial charge is 0.161 e. The topological polar surface area (TPSA) is 39.7 Å². The van der Waals surface area contributed by atoms with Gasteiger partial charge in [-0.25, -0.2) is 0 Å². The summed E-state index contributed by atoms with van der Waals surface area (Å²) in [6.07, 6.45) is 0.935. The molecule has 106 valence electrons. The van der Waals surface area contributed by atoms with Crippen LogP contribution in [0.1, 0.15) is 25.8 Å². The van der Waals surface area contributed by atoms with Crippen molar-refractivity contribution in [2.45, 2.75) is 32.4 Å². The Morgan fingerprint density at radius 1 is 1.21 bits per heavy atom. The third-order valence-electron chi connectivity index (χ3n) is 3.24. The van der Waals surface area contributed by atoms with Gasteiger partial charge in [0.1, 0.15) is 0 Å². The van der Waals surface area contributed by atoms with Crippen molar-refractivity contribution in [3.8, 4) is 11.5 Å². The van der Waals surface area contributed by atoms with E-state index in [2.05, 4.69) is 25.2 Å². The summed E-state index contributed by atoms with van der Waals surface area (Å²) < 4.78 is 16.7. The van der Waals surface area contributed by atoms with E-state index in [1.165, 1.54) is 5.56 Å². The molecule has 0 atom stereocenters. The second kappa shape index (κ2) is 6.26. The van der Waals surface area contributed by atoms with Gasteiger partial charge in [0.25, 0.3) is 0 Å². The van der Waals surface area contributed by atoms with Crippen molar-refractivity contribution in [2.24, 2.45) is 0 Å². The average Bonchev–Trinajstić information content (AvgIpc) is 2.63. The number of rotatable bonds is 5. The first-order valence-electron chi connectivity index (χ1n) is 6.75. The van der Waals surface area contributed by atoms with E-state index in [-0.39, 0.29) is 5.60 Å². The van der Waals surface area contributed by atoms with Gasteiger partial charge in [-0.2, -0.15) is 0 Å². The van der Waals surface area contributed by atoms with Crippen LogP contribution in [-0.4, -0.2) is 32.5 Å². The predicted molar refractivity (Wildman–Crippen MR) is 74.8 cm³/mol. The summed E-state index contributed by atoms with van der Waals surface area (Å²) in [5, 5.41) is 3.39. The van der Waals surface area contributed by atoms with E-state index in [0.29, 0.717) is 0 Å². The molecule has 1 aliphatic heterocycles. The molecule has 0 aromatic heterocycles. The van der Waals surface area contributed by atoms with Gasteiger partial charge in [0, 0.05) is 26.6 Å². The van der Waals surface area contributed by atoms with Crippen LogP contribution in [0.3, 0.4) is 0 Å². The van der Waals surface area contributed by atoms with Crippen molar-refractivity contribution < 1.29 is 14.2 Å². The molecule has 1 N–H and O–H groups in total. The number of methoxy groups -OCH3 is 1. The van der Waals surface area contributed by atoms with Crippen molar-refractivity contribution in [1.82, 2.24) is 5.32 Å². The third kappa shape index (κ3) is 4.11. The number of hydrogen-bond donors (Lipinski definition) is 1. The molecule has 0 unspecified atom stereocenters. The molecular formula is C15H23NO3. The van der Waals surface area contributed by atoms with Crippen molar-refractivity contribution in [3.63, 3.8) is 0 Å². The highest BCUT2D eigenvalue weighted by atomic mass is 16.5. The van der Waals surface area contributed by atoms with Gasteiger partial charge < -0.3 is 19.5 Å². The molecule has 1 heterocycles.